The zero-order valence-electron chi connectivity index (χ0n) is 37.8. The number of benzene rings is 2. The third-order valence-corrected chi connectivity index (χ3v) is 11.6. The number of nitrogens with zero attached hydrogens (tertiary/aromatic N) is 3. The molecule has 0 saturated carbocycles. The van der Waals surface area contributed by atoms with Gasteiger partial charge in [-0.05, 0) is 26.9 Å². The number of phenols is 3. The van der Waals surface area contributed by atoms with Crippen molar-refractivity contribution in [2.24, 2.45) is 28.8 Å². The number of nitrogens with one attached hydrogen (secondary N) is 1. The summed E-state index contributed by atoms with van der Waals surface area (Å²) in [6.45, 7) is 10.7. The van der Waals surface area contributed by atoms with E-state index in [4.69, 9.17) is 23.1 Å². The minimum absolute atomic E-state index is 0.00936. The molecule has 2 aromatic carbocycles. The van der Waals surface area contributed by atoms with Crippen LogP contribution in [0, 0.1) is 30.6 Å². The number of fused-ring (bicyclic) bond motifs is 14. The first-order chi connectivity index (χ1) is 28.9. The normalized spacial score (nSPS) is 32.5. The second kappa shape index (κ2) is 18.0. The van der Waals surface area contributed by atoms with Crippen molar-refractivity contribution in [2.45, 2.75) is 85.6 Å². The summed E-state index contributed by atoms with van der Waals surface area (Å²) in [5, 5.41) is 66.4. The van der Waals surface area contributed by atoms with Crippen molar-refractivity contribution in [3.8, 4) is 23.0 Å². The number of rotatable bonds is 4. The Morgan fingerprint density at radius 1 is 0.983 bits per heavy atom. The molecular weight excluding hydrogens is 764 g/mol. The maximum absolute atomic E-state index is 14.5. The van der Waals surface area contributed by atoms with Crippen LogP contribution in [0.25, 0.3) is 10.8 Å². The van der Waals surface area contributed by atoms with E-state index in [-0.39, 0.29) is 70.7 Å². The number of amides is 1. The number of methoxy groups -OCH3 is 1. The molecule has 322 valence electrons. The molecule has 0 spiro atoms. The van der Waals surface area contributed by atoms with Gasteiger partial charge in [-0.3, -0.25) is 19.4 Å². The van der Waals surface area contributed by atoms with Gasteiger partial charge in [0.1, 0.15) is 23.4 Å². The van der Waals surface area contributed by atoms with Gasteiger partial charge in [-0.25, -0.2) is 0 Å². The largest absolute Gasteiger partial charge is 0.507 e. The van der Waals surface area contributed by atoms with E-state index in [0.29, 0.717) is 0 Å². The Labute approximate surface area is 348 Å². The lowest BCUT2D eigenvalue weighted by atomic mass is 9.78. The number of likely N-dealkylation sites (N-methyl/N-ethyl adjacent to an activating group) is 1. The summed E-state index contributed by atoms with van der Waals surface area (Å²) in [5.41, 5.74) is -0.716. The van der Waals surface area contributed by atoms with E-state index >= 15 is 0 Å². The maximum Gasteiger partial charge on any atom is 0.312 e. The lowest BCUT2D eigenvalue weighted by Gasteiger charge is -2.38. The molecule has 1 amide bonds. The molecule has 2 aromatic rings. The first-order valence-electron chi connectivity index (χ1n) is 21.1. The van der Waals surface area contributed by atoms with E-state index in [1.807, 2.05) is 0 Å². The predicted octanol–water partition coefficient (Wildman–Crippen LogP) is 4.34. The molecule has 16 heteroatoms. The van der Waals surface area contributed by atoms with Crippen molar-refractivity contribution >= 4 is 40.3 Å². The molecule has 6 N–H and O–H groups in total. The van der Waals surface area contributed by atoms with Gasteiger partial charge in [-0.1, -0.05) is 45.9 Å². The van der Waals surface area contributed by atoms with Crippen LogP contribution in [0.15, 0.2) is 41.2 Å². The fraction of sp³-hybridized carbons (Fsp3) is 0.535. The molecule has 0 aliphatic carbocycles. The molecule has 0 radical (unpaired) electrons. The lowest BCUT2D eigenvalue weighted by Crippen LogP contribution is -2.46. The molecule has 0 unspecified atom stereocenters. The van der Waals surface area contributed by atoms with Gasteiger partial charge in [0.2, 0.25) is 0 Å². The molecular formula is C43H58N4O12. The SMILES string of the molecule is [2H]C([2H])([2H])N1CCN(/N=C/c2c3c(O)c4c(O)c(C)c5c(c4c2O)C(=O)[C@@](C)(OC=C[C@H](OC)[C@@H](C)[C@@H](OC(C)=O)[C@H](C)[C@H](O)[C@H](C)[C@@H](O)[C@@H](C)/C=C\C=C(\C)C(=O)N3)O5)CC1. The topological polar surface area (TPSA) is 220 Å². The Hall–Kier alpha value is -5.16. The second-order valence-electron chi connectivity index (χ2n) is 15.8. The number of esters is 1. The lowest BCUT2D eigenvalue weighted by molar-refractivity contribution is -0.160. The zero-order valence-corrected chi connectivity index (χ0v) is 34.8. The second-order valence-corrected chi connectivity index (χ2v) is 15.8. The number of hydrazone groups is 1. The van der Waals surface area contributed by atoms with E-state index in [2.05, 4.69) is 10.4 Å². The number of hydrogen-bond acceptors (Lipinski definition) is 15. The third-order valence-electron chi connectivity index (χ3n) is 11.6. The monoisotopic (exact) mass is 825 g/mol. The summed E-state index contributed by atoms with van der Waals surface area (Å²) in [5.74, 6) is -8.92. The molecule has 4 heterocycles. The average Bonchev–Trinajstić information content (AvgIpc) is 3.48. The highest BCUT2D eigenvalue weighted by molar-refractivity contribution is 6.23. The molecule has 1 fully saturated rings. The van der Waals surface area contributed by atoms with E-state index < -0.39 is 95.8 Å². The van der Waals surface area contributed by atoms with E-state index in [0.717, 1.165) is 6.21 Å². The maximum atomic E-state index is 14.5. The van der Waals surface area contributed by atoms with Gasteiger partial charge in [-0.2, -0.15) is 5.10 Å². The molecule has 1 saturated heterocycles. The number of ether oxygens (including phenoxy) is 4. The van der Waals surface area contributed by atoms with Crippen molar-refractivity contribution in [3.05, 3.63) is 52.8 Å². The van der Waals surface area contributed by atoms with Gasteiger partial charge in [-0.15, -0.1) is 0 Å². The van der Waals surface area contributed by atoms with Gasteiger partial charge in [0.05, 0.1) is 53.0 Å². The Morgan fingerprint density at radius 2 is 1.66 bits per heavy atom. The first-order valence-corrected chi connectivity index (χ1v) is 19.6. The summed E-state index contributed by atoms with van der Waals surface area (Å²) in [6.07, 6.45) is 4.45. The van der Waals surface area contributed by atoms with Crippen LogP contribution in [0.5, 0.6) is 23.0 Å². The number of carbonyl (C=O) groups is 3. The number of allylic oxidation sites excluding steroid dienone is 2. The number of hydrogen-bond donors (Lipinski definition) is 6. The van der Waals surface area contributed by atoms with Crippen LogP contribution in [0.2, 0.25) is 0 Å². The van der Waals surface area contributed by atoms with Crippen molar-refractivity contribution in [2.75, 3.05) is 45.6 Å². The first kappa shape index (κ1) is 40.6. The summed E-state index contributed by atoms with van der Waals surface area (Å²) < 4.78 is 46.7. The molecule has 0 aromatic heterocycles. The van der Waals surface area contributed by atoms with Crippen LogP contribution in [0.1, 0.15) is 74.1 Å². The molecule has 9 atom stereocenters. The zero-order chi connectivity index (χ0) is 46.2. The number of Topliss-reactive ketones (excluding diaryl/α,β-unsaturated/α-hetero) is 1. The number of piperazine rings is 1. The van der Waals surface area contributed by atoms with Crippen LogP contribution in [-0.4, -0.2) is 130 Å². The minimum Gasteiger partial charge on any atom is -0.507 e. The number of aliphatic hydroxyl groups is 2. The standard InChI is InChI=1S/C43H58N4O12/c1-21-12-11-13-22(2)42(55)45-33-28(20-44-47-17-15-46(9)16-18-47)37(52)30-31(38(33)53)36(51)26(6)40-32(30)41(54)43(8,59-40)57-19-14-29(56-10)23(3)39(58-27(7)48)25(5)35(50)24(4)34(21)49/h11-14,19-21,23-25,29,34-35,39,49-53H,15-18H2,1-10H3,(H,45,55)/b12-11-,19-14?,22-13-,44-20+/t21-,23+,24+,25+,29-,34-,35+,39+,43-/m0/s1/i9D3. The summed E-state index contributed by atoms with van der Waals surface area (Å²) >= 11 is 0. The Bertz CT molecular complexity index is 2180. The highest BCUT2D eigenvalue weighted by Gasteiger charge is 2.50. The van der Waals surface area contributed by atoms with Gasteiger partial charge in [0.15, 0.2) is 5.75 Å². The van der Waals surface area contributed by atoms with Crippen molar-refractivity contribution in [1.29, 1.82) is 0 Å². The number of aliphatic hydroxyl groups excluding tert-OH is 2. The Morgan fingerprint density at radius 3 is 2.29 bits per heavy atom. The molecule has 59 heavy (non-hydrogen) atoms. The van der Waals surface area contributed by atoms with Crippen molar-refractivity contribution in [1.82, 2.24) is 9.91 Å². The number of anilines is 1. The molecule has 16 nitrogen and oxygen atoms in total. The Kier molecular flexibility index (Phi) is 12.4. The van der Waals surface area contributed by atoms with Crippen LogP contribution >= 0.6 is 0 Å². The van der Waals surface area contributed by atoms with Crippen LogP contribution in [-0.2, 0) is 23.8 Å². The Balaban J connectivity index is 1.69. The average molecular weight is 826 g/mol. The van der Waals surface area contributed by atoms with Crippen LogP contribution in [0.4, 0.5) is 5.69 Å². The number of aromatic hydroxyl groups is 3. The number of phenolic OH excluding ortho intramolecular Hbond substituents is 3. The van der Waals surface area contributed by atoms with Crippen LogP contribution < -0.4 is 10.1 Å². The summed E-state index contributed by atoms with van der Waals surface area (Å²) in [4.78, 5) is 41.9. The van der Waals surface area contributed by atoms with Gasteiger partial charge in [0.25, 0.3) is 11.7 Å². The quantitative estimate of drug-likeness (QED) is 0.109. The molecule has 6 rings (SSSR count). The summed E-state index contributed by atoms with van der Waals surface area (Å²) in [6, 6.07) is 0. The van der Waals surface area contributed by atoms with Gasteiger partial charge < -0.3 is 54.7 Å². The number of ketones is 1. The van der Waals surface area contributed by atoms with Crippen LogP contribution in [0.3, 0.4) is 0 Å². The number of carbonyl (C=O) groups excluding carboxylic acids is 3. The fourth-order valence-corrected chi connectivity index (χ4v) is 7.82. The molecule has 4 aliphatic heterocycles. The smallest absolute Gasteiger partial charge is 0.312 e. The van der Waals surface area contributed by atoms with E-state index in [1.165, 1.54) is 58.1 Å². The highest BCUT2D eigenvalue weighted by atomic mass is 16.7. The van der Waals surface area contributed by atoms with Gasteiger partial charge >= 0.3 is 11.8 Å². The van der Waals surface area contributed by atoms with E-state index in [1.54, 1.807) is 44.9 Å². The van der Waals surface area contributed by atoms with Crippen molar-refractivity contribution < 1.29 is 63.0 Å². The molecule has 5 bridgehead atoms. The van der Waals surface area contributed by atoms with E-state index in [9.17, 15) is 39.9 Å². The minimum atomic E-state index is -2.30. The molecule has 4 aliphatic rings. The van der Waals surface area contributed by atoms with Gasteiger partial charge in [0, 0.05) is 91.4 Å². The summed E-state index contributed by atoms with van der Waals surface area (Å²) in [7, 11) is 1.42. The predicted molar refractivity (Wildman–Crippen MR) is 220 cm³/mol. The highest BCUT2D eigenvalue weighted by Crippen LogP contribution is 2.55. The van der Waals surface area contributed by atoms with Crippen molar-refractivity contribution in [3.63, 3.8) is 0 Å². The third kappa shape index (κ3) is 8.91. The fourth-order valence-electron chi connectivity index (χ4n) is 7.82.